The quantitative estimate of drug-likeness (QED) is 0.306. The number of para-hydroxylation sites is 1. The average Bonchev–Trinajstić information content (AvgIpc) is 2.98. The maximum atomic E-state index is 15.1. The molecule has 2 amide bonds. The lowest BCUT2D eigenvalue weighted by molar-refractivity contribution is -0.140. The molecule has 0 bridgehead atoms. The van der Waals surface area contributed by atoms with E-state index in [1.54, 1.807) is 19.1 Å². The molecule has 0 radical (unpaired) electrons. The first-order chi connectivity index (χ1) is 20.1. The van der Waals surface area contributed by atoms with Gasteiger partial charge in [-0.1, -0.05) is 68.1 Å². The van der Waals surface area contributed by atoms with E-state index >= 15 is 4.39 Å². The highest BCUT2D eigenvalue weighted by Gasteiger charge is 2.35. The number of anilines is 1. The molecule has 1 atom stereocenters. The average molecular weight is 598 g/mol. The van der Waals surface area contributed by atoms with Crippen LogP contribution in [0.25, 0.3) is 0 Å². The van der Waals surface area contributed by atoms with E-state index in [1.165, 1.54) is 59.5 Å². The van der Waals surface area contributed by atoms with E-state index in [1.807, 2.05) is 6.92 Å². The molecule has 7 nitrogen and oxygen atoms in total. The van der Waals surface area contributed by atoms with Crippen LogP contribution in [-0.4, -0.2) is 43.8 Å². The molecular formula is C32H37F2N3O4S. The zero-order valence-electron chi connectivity index (χ0n) is 23.9. The highest BCUT2D eigenvalue weighted by Crippen LogP contribution is 2.27. The smallest absolute Gasteiger partial charge is 0.264 e. The molecule has 0 aliphatic heterocycles. The molecule has 3 aromatic rings. The Bertz CT molecular complexity index is 1470. The summed E-state index contributed by atoms with van der Waals surface area (Å²) >= 11 is 0. The van der Waals surface area contributed by atoms with Crippen LogP contribution >= 0.6 is 0 Å². The van der Waals surface area contributed by atoms with Crippen molar-refractivity contribution < 1.29 is 26.8 Å². The first-order valence-corrected chi connectivity index (χ1v) is 15.7. The van der Waals surface area contributed by atoms with Crippen LogP contribution in [0.1, 0.15) is 56.6 Å². The van der Waals surface area contributed by atoms with Crippen molar-refractivity contribution in [2.24, 2.45) is 0 Å². The molecule has 1 fully saturated rings. The lowest BCUT2D eigenvalue weighted by Crippen LogP contribution is -2.54. The van der Waals surface area contributed by atoms with Crippen LogP contribution in [0.5, 0.6) is 0 Å². The van der Waals surface area contributed by atoms with E-state index in [-0.39, 0.29) is 35.5 Å². The molecule has 1 saturated carbocycles. The number of rotatable bonds is 11. The van der Waals surface area contributed by atoms with Crippen LogP contribution in [0.3, 0.4) is 0 Å². The molecule has 0 heterocycles. The SMILES string of the molecule is CC[C@H](C(=O)NC1CCCCC1)N(Cc1ccc(F)cc1)C(=O)CN(c1ccccc1F)S(=O)(=O)c1ccc(C)cc1. The number of hydrogen-bond donors (Lipinski definition) is 1. The Morgan fingerprint density at radius 2 is 1.57 bits per heavy atom. The summed E-state index contributed by atoms with van der Waals surface area (Å²) in [4.78, 5) is 28.8. The number of amides is 2. The number of halogens is 2. The van der Waals surface area contributed by atoms with Gasteiger partial charge < -0.3 is 10.2 Å². The molecule has 1 aliphatic carbocycles. The monoisotopic (exact) mass is 597 g/mol. The van der Waals surface area contributed by atoms with Crippen LogP contribution in [0, 0.1) is 18.6 Å². The molecule has 1 aliphatic rings. The lowest BCUT2D eigenvalue weighted by atomic mass is 9.95. The van der Waals surface area contributed by atoms with Gasteiger partial charge >= 0.3 is 0 Å². The van der Waals surface area contributed by atoms with Crippen molar-refractivity contribution in [2.75, 3.05) is 10.8 Å². The molecule has 42 heavy (non-hydrogen) atoms. The van der Waals surface area contributed by atoms with E-state index in [4.69, 9.17) is 0 Å². The Kier molecular flexibility index (Phi) is 10.3. The third-order valence-electron chi connectivity index (χ3n) is 7.61. The normalized spacial score (nSPS) is 14.7. The minimum absolute atomic E-state index is 0.0000913. The van der Waals surface area contributed by atoms with E-state index < -0.39 is 40.2 Å². The van der Waals surface area contributed by atoms with Gasteiger partial charge in [0.25, 0.3) is 10.0 Å². The van der Waals surface area contributed by atoms with E-state index in [0.29, 0.717) is 5.56 Å². The van der Waals surface area contributed by atoms with Crippen molar-refractivity contribution in [3.63, 3.8) is 0 Å². The van der Waals surface area contributed by atoms with Crippen molar-refractivity contribution in [3.05, 3.63) is 95.6 Å². The number of benzene rings is 3. The fourth-order valence-corrected chi connectivity index (χ4v) is 6.68. The first kappa shape index (κ1) is 31.2. The number of carbonyl (C=O) groups excluding carboxylic acids is 2. The minimum atomic E-state index is -4.38. The van der Waals surface area contributed by atoms with Crippen LogP contribution in [0.15, 0.2) is 77.7 Å². The summed E-state index contributed by atoms with van der Waals surface area (Å²) in [5, 5.41) is 3.07. The first-order valence-electron chi connectivity index (χ1n) is 14.3. The summed E-state index contributed by atoms with van der Waals surface area (Å²) in [6.45, 7) is 2.77. The number of carbonyl (C=O) groups is 2. The van der Waals surface area contributed by atoms with Crippen LogP contribution < -0.4 is 9.62 Å². The molecule has 0 unspecified atom stereocenters. The predicted octanol–water partition coefficient (Wildman–Crippen LogP) is 5.72. The summed E-state index contributed by atoms with van der Waals surface area (Å²) in [6, 6.07) is 16.0. The highest BCUT2D eigenvalue weighted by atomic mass is 32.2. The predicted molar refractivity (Wildman–Crippen MR) is 158 cm³/mol. The van der Waals surface area contributed by atoms with Gasteiger partial charge in [-0.25, -0.2) is 17.2 Å². The number of aryl methyl sites for hydroxylation is 1. The molecule has 4 rings (SSSR count). The van der Waals surface area contributed by atoms with Gasteiger partial charge in [-0.2, -0.15) is 0 Å². The van der Waals surface area contributed by atoms with Crippen LogP contribution in [0.4, 0.5) is 14.5 Å². The summed E-state index contributed by atoms with van der Waals surface area (Å²) in [6.07, 6.45) is 5.09. The van der Waals surface area contributed by atoms with Gasteiger partial charge in [0.05, 0.1) is 10.6 Å². The Hall–Kier alpha value is -3.79. The minimum Gasteiger partial charge on any atom is -0.352 e. The molecule has 3 aromatic carbocycles. The highest BCUT2D eigenvalue weighted by molar-refractivity contribution is 7.92. The second-order valence-corrected chi connectivity index (χ2v) is 12.6. The second-order valence-electron chi connectivity index (χ2n) is 10.7. The number of nitrogens with one attached hydrogen (secondary N) is 1. The van der Waals surface area contributed by atoms with E-state index in [9.17, 15) is 22.4 Å². The van der Waals surface area contributed by atoms with Crippen LogP contribution in [0.2, 0.25) is 0 Å². The van der Waals surface area contributed by atoms with Gasteiger partial charge in [0.15, 0.2) is 0 Å². The standard InChI is InChI=1S/C32H37F2N3O4S/c1-3-29(32(39)35-26-9-5-4-6-10-26)36(21-24-15-17-25(33)18-16-24)31(38)22-37(30-12-8-7-11-28(30)34)42(40,41)27-19-13-23(2)14-20-27/h7-8,11-20,26,29H,3-6,9-10,21-22H2,1-2H3,(H,35,39)/t29-/m1/s1. The maximum Gasteiger partial charge on any atom is 0.264 e. The number of nitrogens with zero attached hydrogens (tertiary/aromatic N) is 2. The molecule has 10 heteroatoms. The second kappa shape index (κ2) is 13.9. The Labute approximate surface area is 246 Å². The molecule has 0 spiro atoms. The van der Waals surface area contributed by atoms with Crippen molar-refractivity contribution >= 4 is 27.5 Å². The van der Waals surface area contributed by atoms with Crippen molar-refractivity contribution in [1.29, 1.82) is 0 Å². The van der Waals surface area contributed by atoms with Gasteiger partial charge in [0, 0.05) is 12.6 Å². The lowest BCUT2D eigenvalue weighted by Gasteiger charge is -2.34. The van der Waals surface area contributed by atoms with Crippen LogP contribution in [-0.2, 0) is 26.2 Å². The zero-order valence-corrected chi connectivity index (χ0v) is 24.7. The van der Waals surface area contributed by atoms with E-state index in [0.717, 1.165) is 48.0 Å². The molecule has 1 N–H and O–H groups in total. The topological polar surface area (TPSA) is 86.8 Å². The van der Waals surface area contributed by atoms with Gasteiger partial charge in [0.2, 0.25) is 11.8 Å². The summed E-state index contributed by atoms with van der Waals surface area (Å²) in [5.74, 6) is -2.29. The molecular weight excluding hydrogens is 560 g/mol. The molecule has 0 saturated heterocycles. The van der Waals surface area contributed by atoms with E-state index in [2.05, 4.69) is 5.32 Å². The Balaban J connectivity index is 1.71. The van der Waals surface area contributed by atoms with Gasteiger partial charge in [-0.15, -0.1) is 0 Å². The fourth-order valence-electron chi connectivity index (χ4n) is 5.26. The molecule has 0 aromatic heterocycles. The fraction of sp³-hybridized carbons (Fsp3) is 0.375. The van der Waals surface area contributed by atoms with Gasteiger partial charge in [0.1, 0.15) is 24.2 Å². The van der Waals surface area contributed by atoms with Crippen molar-refractivity contribution in [2.45, 2.75) is 75.9 Å². The van der Waals surface area contributed by atoms with Crippen molar-refractivity contribution in [3.8, 4) is 0 Å². The van der Waals surface area contributed by atoms with Gasteiger partial charge in [-0.3, -0.25) is 13.9 Å². The zero-order chi connectivity index (χ0) is 30.3. The summed E-state index contributed by atoms with van der Waals surface area (Å²) < 4.78 is 57.2. The third-order valence-corrected chi connectivity index (χ3v) is 9.39. The summed E-state index contributed by atoms with van der Waals surface area (Å²) in [7, 11) is -4.38. The van der Waals surface area contributed by atoms with Gasteiger partial charge in [-0.05, 0) is 68.1 Å². The third kappa shape index (κ3) is 7.53. The number of hydrogen-bond acceptors (Lipinski definition) is 4. The Morgan fingerprint density at radius 3 is 2.19 bits per heavy atom. The largest absolute Gasteiger partial charge is 0.352 e. The molecule has 224 valence electrons. The summed E-state index contributed by atoms with van der Waals surface area (Å²) in [5.41, 5.74) is 1.11. The number of sulfonamides is 1. The Morgan fingerprint density at radius 1 is 0.929 bits per heavy atom. The van der Waals surface area contributed by atoms with Crippen molar-refractivity contribution in [1.82, 2.24) is 10.2 Å². The maximum absolute atomic E-state index is 15.1.